The maximum absolute atomic E-state index is 10.8. The van der Waals surface area contributed by atoms with Gasteiger partial charge in [0.2, 0.25) is 10.0 Å². The third-order valence-corrected chi connectivity index (χ3v) is 3.10. The molecule has 0 spiro atoms. The molecule has 0 saturated heterocycles. The highest BCUT2D eigenvalue weighted by Crippen LogP contribution is 2.21. The Kier molecular flexibility index (Phi) is 6.47. The van der Waals surface area contributed by atoms with Crippen LogP contribution in [-0.2, 0) is 10.0 Å². The van der Waals surface area contributed by atoms with Gasteiger partial charge < -0.3 is 9.84 Å². The van der Waals surface area contributed by atoms with Gasteiger partial charge in [0.05, 0.1) is 12.9 Å². The lowest BCUT2D eigenvalue weighted by Gasteiger charge is -2.05. The normalized spacial score (nSPS) is 11.9. The fourth-order valence-electron chi connectivity index (χ4n) is 1.48. The number of benzene rings is 1. The van der Waals surface area contributed by atoms with E-state index >= 15 is 0 Å². The molecule has 1 aromatic rings. The highest BCUT2D eigenvalue weighted by Gasteiger charge is 2.01. The molecule has 0 atom stereocenters. The average Bonchev–Trinajstić information content (AvgIpc) is 2.36. The Balaban J connectivity index is 2.47. The van der Waals surface area contributed by atoms with Gasteiger partial charge in [0.1, 0.15) is 11.5 Å². The summed E-state index contributed by atoms with van der Waals surface area (Å²) in [6, 6.07) is 4.95. The number of nitrogens with one attached hydrogen (secondary N) is 1. The van der Waals surface area contributed by atoms with Crippen LogP contribution in [0.25, 0.3) is 0 Å². The van der Waals surface area contributed by atoms with Crippen molar-refractivity contribution in [1.29, 1.82) is 0 Å². The molecule has 1 aromatic carbocycles. The second-order valence-electron chi connectivity index (χ2n) is 4.21. The van der Waals surface area contributed by atoms with E-state index in [1.165, 1.54) is 0 Å². The monoisotopic (exact) mass is 300 g/mol. The van der Waals surface area contributed by atoms with E-state index < -0.39 is 10.0 Å². The first kappa shape index (κ1) is 16.5. The molecule has 0 aliphatic carbocycles. The first-order valence-corrected chi connectivity index (χ1v) is 8.22. The van der Waals surface area contributed by atoms with Crippen LogP contribution < -0.4 is 9.46 Å². The van der Waals surface area contributed by atoms with Gasteiger partial charge in [-0.2, -0.15) is 0 Å². The Hall–Kier alpha value is -1.60. The number of nitrogens with zero attached hydrogens (tertiary/aromatic N) is 1. The topological polar surface area (TPSA) is 88.0 Å². The number of aliphatic imine (C=N–C) groups is 1. The molecule has 0 aliphatic heterocycles. The maximum atomic E-state index is 10.8. The summed E-state index contributed by atoms with van der Waals surface area (Å²) in [6.45, 7) is 3.26. The largest absolute Gasteiger partial charge is 0.507 e. The van der Waals surface area contributed by atoms with Crippen molar-refractivity contribution < 1.29 is 18.3 Å². The first-order valence-electron chi connectivity index (χ1n) is 6.32. The highest BCUT2D eigenvalue weighted by molar-refractivity contribution is 7.88. The molecule has 0 aliphatic rings. The van der Waals surface area contributed by atoms with Gasteiger partial charge in [0.15, 0.2) is 0 Å². The van der Waals surface area contributed by atoms with E-state index in [-0.39, 0.29) is 5.75 Å². The van der Waals surface area contributed by atoms with Crippen LogP contribution in [0.2, 0.25) is 0 Å². The minimum Gasteiger partial charge on any atom is -0.507 e. The summed E-state index contributed by atoms with van der Waals surface area (Å²) in [7, 11) is -3.14. The number of sulfonamides is 1. The van der Waals surface area contributed by atoms with Crippen LogP contribution in [0.3, 0.4) is 0 Å². The van der Waals surface area contributed by atoms with Crippen molar-refractivity contribution in [2.45, 2.75) is 13.3 Å². The van der Waals surface area contributed by atoms with Gasteiger partial charge in [-0.25, -0.2) is 13.1 Å². The predicted octanol–water partition coefficient (Wildman–Crippen LogP) is 1.15. The predicted molar refractivity (Wildman–Crippen MR) is 79.2 cm³/mol. The van der Waals surface area contributed by atoms with E-state index in [2.05, 4.69) is 9.71 Å². The second-order valence-corrected chi connectivity index (χ2v) is 6.04. The average molecular weight is 300 g/mol. The Labute approximate surface area is 119 Å². The van der Waals surface area contributed by atoms with Crippen molar-refractivity contribution in [3.8, 4) is 11.5 Å². The first-order chi connectivity index (χ1) is 9.42. The number of rotatable bonds is 8. The molecule has 0 amide bonds. The van der Waals surface area contributed by atoms with Crippen LogP contribution in [0, 0.1) is 0 Å². The highest BCUT2D eigenvalue weighted by atomic mass is 32.2. The number of hydrogen-bond donors (Lipinski definition) is 2. The number of phenolic OH excluding ortho intramolecular Hbond substituents is 1. The summed E-state index contributed by atoms with van der Waals surface area (Å²) < 4.78 is 29.4. The van der Waals surface area contributed by atoms with Crippen molar-refractivity contribution in [2.75, 3.05) is 26.0 Å². The van der Waals surface area contributed by atoms with Crippen LogP contribution >= 0.6 is 0 Å². The second kappa shape index (κ2) is 7.86. The lowest BCUT2D eigenvalue weighted by atomic mass is 10.2. The molecule has 20 heavy (non-hydrogen) atoms. The Bertz CT molecular complexity index is 555. The van der Waals surface area contributed by atoms with Gasteiger partial charge in [0, 0.05) is 24.9 Å². The Morgan fingerprint density at radius 2 is 2.20 bits per heavy atom. The summed E-state index contributed by atoms with van der Waals surface area (Å²) >= 11 is 0. The number of phenols is 1. The summed E-state index contributed by atoms with van der Waals surface area (Å²) in [5.41, 5.74) is 0.576. The zero-order chi connectivity index (χ0) is 15.0. The smallest absolute Gasteiger partial charge is 0.208 e. The third-order valence-electron chi connectivity index (χ3n) is 2.37. The Morgan fingerprint density at radius 3 is 2.85 bits per heavy atom. The molecule has 2 N–H and O–H groups in total. The van der Waals surface area contributed by atoms with Crippen LogP contribution in [0.15, 0.2) is 23.2 Å². The molecule has 0 fully saturated rings. The zero-order valence-corrected chi connectivity index (χ0v) is 12.5. The summed E-state index contributed by atoms with van der Waals surface area (Å²) in [4.78, 5) is 4.15. The lowest BCUT2D eigenvalue weighted by Crippen LogP contribution is -2.23. The molecular formula is C13H20N2O4S. The summed E-state index contributed by atoms with van der Waals surface area (Å²) in [6.07, 6.45) is 3.27. The maximum Gasteiger partial charge on any atom is 0.208 e. The number of ether oxygens (including phenoxy) is 1. The van der Waals surface area contributed by atoms with Crippen molar-refractivity contribution in [3.63, 3.8) is 0 Å². The minimum atomic E-state index is -3.14. The van der Waals surface area contributed by atoms with E-state index in [0.29, 0.717) is 37.4 Å². The molecular weight excluding hydrogens is 280 g/mol. The van der Waals surface area contributed by atoms with Crippen molar-refractivity contribution in [2.24, 2.45) is 4.99 Å². The van der Waals surface area contributed by atoms with Gasteiger partial charge in [-0.15, -0.1) is 0 Å². The number of aromatic hydroxyl groups is 1. The van der Waals surface area contributed by atoms with E-state index in [1.54, 1.807) is 24.4 Å². The molecule has 0 unspecified atom stereocenters. The van der Waals surface area contributed by atoms with Gasteiger partial charge in [-0.3, -0.25) is 4.99 Å². The van der Waals surface area contributed by atoms with Gasteiger partial charge in [0.25, 0.3) is 0 Å². The van der Waals surface area contributed by atoms with Crippen LogP contribution in [-0.4, -0.2) is 45.7 Å². The van der Waals surface area contributed by atoms with Crippen LogP contribution in [0.1, 0.15) is 18.9 Å². The fourth-order valence-corrected chi connectivity index (χ4v) is 2.00. The fraction of sp³-hybridized carbons (Fsp3) is 0.462. The van der Waals surface area contributed by atoms with Gasteiger partial charge in [-0.05, 0) is 31.5 Å². The quantitative estimate of drug-likeness (QED) is 0.557. The molecule has 0 heterocycles. The summed E-state index contributed by atoms with van der Waals surface area (Å²) in [5, 5.41) is 9.67. The van der Waals surface area contributed by atoms with Gasteiger partial charge >= 0.3 is 0 Å². The van der Waals surface area contributed by atoms with Gasteiger partial charge in [-0.1, -0.05) is 0 Å². The molecule has 0 saturated carbocycles. The molecule has 0 bridgehead atoms. The SMILES string of the molecule is CCOc1ccc(O)c(C=NCCCNS(C)(=O)=O)c1. The molecule has 1 rings (SSSR count). The number of hydrogen-bond acceptors (Lipinski definition) is 5. The van der Waals surface area contributed by atoms with E-state index in [1.807, 2.05) is 6.92 Å². The molecule has 0 radical (unpaired) electrons. The van der Waals surface area contributed by atoms with Crippen molar-refractivity contribution >= 4 is 16.2 Å². The third kappa shape index (κ3) is 6.53. The molecule has 0 aromatic heterocycles. The van der Waals surface area contributed by atoms with E-state index in [0.717, 1.165) is 6.26 Å². The van der Waals surface area contributed by atoms with Crippen LogP contribution in [0.4, 0.5) is 0 Å². The Morgan fingerprint density at radius 1 is 1.45 bits per heavy atom. The van der Waals surface area contributed by atoms with E-state index in [4.69, 9.17) is 4.74 Å². The van der Waals surface area contributed by atoms with E-state index in [9.17, 15) is 13.5 Å². The molecule has 7 heteroatoms. The molecule has 6 nitrogen and oxygen atoms in total. The summed E-state index contributed by atoms with van der Waals surface area (Å²) in [5.74, 6) is 0.803. The van der Waals surface area contributed by atoms with Crippen molar-refractivity contribution in [1.82, 2.24) is 4.72 Å². The van der Waals surface area contributed by atoms with Crippen LogP contribution in [0.5, 0.6) is 11.5 Å². The lowest BCUT2D eigenvalue weighted by molar-refractivity contribution is 0.339. The standard InChI is InChI=1S/C13H20N2O4S/c1-3-19-12-5-6-13(16)11(9-12)10-14-7-4-8-15-20(2,17)18/h5-6,9-10,15-16H,3-4,7-8H2,1-2H3. The molecule has 112 valence electrons. The minimum absolute atomic E-state index is 0.131. The van der Waals surface area contributed by atoms with Crippen molar-refractivity contribution in [3.05, 3.63) is 23.8 Å². The zero-order valence-electron chi connectivity index (χ0n) is 11.7.